The van der Waals surface area contributed by atoms with Gasteiger partial charge in [-0.3, -0.25) is 0 Å². The molecule has 0 saturated carbocycles. The Morgan fingerprint density at radius 1 is 0.714 bits per heavy atom. The summed E-state index contributed by atoms with van der Waals surface area (Å²) in [5.41, 5.74) is 15.7. The predicted octanol–water partition coefficient (Wildman–Crippen LogP) is 5.34. The molecule has 0 aromatic heterocycles. The molecule has 0 heterocycles. The summed E-state index contributed by atoms with van der Waals surface area (Å²) >= 11 is 0. The topological polar surface area (TPSA) is 117 Å². The van der Waals surface area contributed by atoms with Crippen molar-refractivity contribution in [2.24, 2.45) is 0 Å². The number of rotatable bonds is 5. The van der Waals surface area contributed by atoms with E-state index in [-0.39, 0.29) is 11.5 Å². The Hall–Kier alpha value is -3.54. The standard InChI is InChI=1S/C20H22N4O2.C2H6/c1-2-16-19(25)17(23-14-7-3-12(21)4-8-14)11-18(20(16)26)24-15-9-5-13(22)6-10-15;1-2/h3-11,23-26H,2,21-22H2,1H3;1-2H3. The van der Waals surface area contributed by atoms with Crippen molar-refractivity contribution in [1.82, 2.24) is 0 Å². The van der Waals surface area contributed by atoms with Gasteiger partial charge in [0.05, 0.1) is 11.4 Å². The van der Waals surface area contributed by atoms with Crippen molar-refractivity contribution in [2.75, 3.05) is 22.1 Å². The third-order valence-corrected chi connectivity index (χ3v) is 4.10. The van der Waals surface area contributed by atoms with E-state index in [9.17, 15) is 10.2 Å². The average Bonchev–Trinajstić information content (AvgIpc) is 2.71. The zero-order valence-corrected chi connectivity index (χ0v) is 16.5. The SMILES string of the molecule is CC.CCc1c(O)c(Nc2ccc(N)cc2)cc(Nc2ccc(N)cc2)c1O. The molecule has 0 aliphatic heterocycles. The number of nitrogens with one attached hydrogen (secondary N) is 2. The van der Waals surface area contributed by atoms with Crippen LogP contribution in [0.25, 0.3) is 0 Å². The number of nitrogen functional groups attached to an aromatic ring is 2. The molecule has 28 heavy (non-hydrogen) atoms. The van der Waals surface area contributed by atoms with Crippen LogP contribution in [0.1, 0.15) is 26.3 Å². The molecule has 0 spiro atoms. The second kappa shape index (κ2) is 9.41. The Kier molecular flexibility index (Phi) is 6.98. The maximum atomic E-state index is 10.5. The summed E-state index contributed by atoms with van der Waals surface area (Å²) in [6.45, 7) is 5.87. The Bertz CT molecular complexity index is 836. The molecule has 0 saturated heterocycles. The quantitative estimate of drug-likeness (QED) is 0.202. The van der Waals surface area contributed by atoms with Crippen LogP contribution in [0.4, 0.5) is 34.1 Å². The molecule has 0 aliphatic rings. The van der Waals surface area contributed by atoms with Crippen LogP contribution in [0.15, 0.2) is 54.6 Å². The van der Waals surface area contributed by atoms with Crippen molar-refractivity contribution in [1.29, 1.82) is 0 Å². The largest absolute Gasteiger partial charge is 0.505 e. The van der Waals surface area contributed by atoms with Crippen molar-refractivity contribution in [3.05, 3.63) is 60.2 Å². The Balaban J connectivity index is 0.00000136. The highest BCUT2D eigenvalue weighted by atomic mass is 16.3. The second-order valence-corrected chi connectivity index (χ2v) is 6.00. The lowest BCUT2D eigenvalue weighted by atomic mass is 10.1. The van der Waals surface area contributed by atoms with Gasteiger partial charge in [-0.15, -0.1) is 0 Å². The smallest absolute Gasteiger partial charge is 0.146 e. The molecule has 0 fully saturated rings. The van der Waals surface area contributed by atoms with E-state index >= 15 is 0 Å². The van der Waals surface area contributed by atoms with Gasteiger partial charge in [0, 0.05) is 28.3 Å². The van der Waals surface area contributed by atoms with E-state index in [1.54, 1.807) is 30.3 Å². The summed E-state index contributed by atoms with van der Waals surface area (Å²) in [7, 11) is 0. The fraction of sp³-hybridized carbons (Fsp3) is 0.182. The number of hydrogen-bond donors (Lipinski definition) is 6. The van der Waals surface area contributed by atoms with E-state index < -0.39 is 0 Å². The molecule has 3 aromatic rings. The first-order valence-corrected chi connectivity index (χ1v) is 9.31. The van der Waals surface area contributed by atoms with Gasteiger partial charge in [0.25, 0.3) is 0 Å². The fourth-order valence-corrected chi connectivity index (χ4v) is 2.69. The molecule has 0 amide bonds. The highest BCUT2D eigenvalue weighted by molar-refractivity contribution is 5.80. The third-order valence-electron chi connectivity index (χ3n) is 4.10. The fourth-order valence-electron chi connectivity index (χ4n) is 2.69. The number of phenolic OH excluding ortho intramolecular Hbond substituents is 2. The molecule has 6 nitrogen and oxygen atoms in total. The molecule has 0 bridgehead atoms. The highest BCUT2D eigenvalue weighted by Crippen LogP contribution is 2.43. The van der Waals surface area contributed by atoms with Gasteiger partial charge >= 0.3 is 0 Å². The first-order chi connectivity index (χ1) is 13.5. The van der Waals surface area contributed by atoms with E-state index in [1.807, 2.05) is 45.0 Å². The van der Waals surface area contributed by atoms with Gasteiger partial charge in [0.1, 0.15) is 11.5 Å². The molecule has 0 unspecified atom stereocenters. The van der Waals surface area contributed by atoms with Gasteiger partial charge in [0.15, 0.2) is 0 Å². The Morgan fingerprint density at radius 3 is 1.39 bits per heavy atom. The average molecular weight is 380 g/mol. The minimum absolute atomic E-state index is 0.0182. The minimum atomic E-state index is 0.0182. The molecule has 6 heteroatoms. The molecular weight excluding hydrogens is 352 g/mol. The van der Waals surface area contributed by atoms with Crippen molar-refractivity contribution < 1.29 is 10.2 Å². The van der Waals surface area contributed by atoms with Crippen LogP contribution >= 0.6 is 0 Å². The predicted molar refractivity (Wildman–Crippen MR) is 119 cm³/mol. The molecule has 0 atom stereocenters. The second-order valence-electron chi connectivity index (χ2n) is 6.00. The molecule has 148 valence electrons. The van der Waals surface area contributed by atoms with Gasteiger partial charge in [-0.05, 0) is 61.0 Å². The highest BCUT2D eigenvalue weighted by Gasteiger charge is 2.16. The summed E-state index contributed by atoms with van der Waals surface area (Å²) < 4.78 is 0. The first kappa shape index (κ1) is 20.8. The lowest BCUT2D eigenvalue weighted by Crippen LogP contribution is -1.99. The zero-order chi connectivity index (χ0) is 20.7. The summed E-state index contributed by atoms with van der Waals surface area (Å²) in [4.78, 5) is 0. The normalized spacial score (nSPS) is 9.96. The maximum absolute atomic E-state index is 10.5. The summed E-state index contributed by atoms with van der Waals surface area (Å²) in [5.74, 6) is 0.0364. The third kappa shape index (κ3) is 4.79. The molecule has 3 aromatic carbocycles. The summed E-state index contributed by atoms with van der Waals surface area (Å²) in [6.07, 6.45) is 0.478. The molecule has 0 aliphatic carbocycles. The van der Waals surface area contributed by atoms with E-state index in [4.69, 9.17) is 11.5 Å². The number of hydrogen-bond acceptors (Lipinski definition) is 6. The van der Waals surface area contributed by atoms with Crippen molar-refractivity contribution in [2.45, 2.75) is 27.2 Å². The van der Waals surface area contributed by atoms with Crippen LogP contribution in [0.2, 0.25) is 0 Å². The number of phenols is 2. The number of benzene rings is 3. The summed E-state index contributed by atoms with van der Waals surface area (Å²) in [5, 5.41) is 27.4. The number of nitrogens with two attached hydrogens (primary N) is 2. The molecular formula is C22H28N4O2. The summed E-state index contributed by atoms with van der Waals surface area (Å²) in [6, 6.07) is 16.0. The van der Waals surface area contributed by atoms with Gasteiger partial charge in [0.2, 0.25) is 0 Å². The first-order valence-electron chi connectivity index (χ1n) is 9.31. The molecule has 8 N–H and O–H groups in total. The van der Waals surface area contributed by atoms with Gasteiger partial charge in [-0.2, -0.15) is 0 Å². The Labute approximate surface area is 165 Å². The molecule has 3 rings (SSSR count). The monoisotopic (exact) mass is 380 g/mol. The van der Waals surface area contributed by atoms with Crippen LogP contribution in [0.5, 0.6) is 11.5 Å². The lowest BCUT2D eigenvalue weighted by Gasteiger charge is -2.17. The maximum Gasteiger partial charge on any atom is 0.146 e. The van der Waals surface area contributed by atoms with Crippen molar-refractivity contribution in [3.8, 4) is 11.5 Å². The minimum Gasteiger partial charge on any atom is -0.505 e. The van der Waals surface area contributed by atoms with Gasteiger partial charge in [-0.1, -0.05) is 20.8 Å². The van der Waals surface area contributed by atoms with Crippen LogP contribution in [0, 0.1) is 0 Å². The van der Waals surface area contributed by atoms with Crippen LogP contribution in [-0.2, 0) is 6.42 Å². The van der Waals surface area contributed by atoms with Gasteiger partial charge < -0.3 is 32.3 Å². The number of aromatic hydroxyl groups is 2. The molecule has 0 radical (unpaired) electrons. The van der Waals surface area contributed by atoms with Crippen LogP contribution in [0.3, 0.4) is 0 Å². The van der Waals surface area contributed by atoms with Crippen molar-refractivity contribution >= 4 is 34.1 Å². The lowest BCUT2D eigenvalue weighted by molar-refractivity contribution is 0.442. The van der Waals surface area contributed by atoms with E-state index in [0.29, 0.717) is 34.7 Å². The van der Waals surface area contributed by atoms with Crippen LogP contribution < -0.4 is 22.1 Å². The van der Waals surface area contributed by atoms with Crippen molar-refractivity contribution in [3.63, 3.8) is 0 Å². The van der Waals surface area contributed by atoms with Crippen LogP contribution in [-0.4, -0.2) is 10.2 Å². The zero-order valence-electron chi connectivity index (χ0n) is 16.5. The number of anilines is 6. The van der Waals surface area contributed by atoms with E-state index in [0.717, 1.165) is 11.4 Å². The van der Waals surface area contributed by atoms with E-state index in [2.05, 4.69) is 10.6 Å². The van der Waals surface area contributed by atoms with E-state index in [1.165, 1.54) is 0 Å². The Morgan fingerprint density at radius 2 is 1.07 bits per heavy atom. The van der Waals surface area contributed by atoms with Gasteiger partial charge in [-0.25, -0.2) is 0 Å².